The Morgan fingerprint density at radius 3 is 2.66 bits per heavy atom. The molecule has 170 valence electrons. The summed E-state index contributed by atoms with van der Waals surface area (Å²) in [6.07, 6.45) is 8.74. The van der Waals surface area contributed by atoms with Crippen LogP contribution in [0.4, 0.5) is 0 Å². The van der Waals surface area contributed by atoms with Gasteiger partial charge in [-0.05, 0) is 61.4 Å². The van der Waals surface area contributed by atoms with Crippen LogP contribution in [-0.4, -0.2) is 47.9 Å². The third-order valence-electron chi connectivity index (χ3n) is 6.66. The first-order chi connectivity index (χ1) is 15.6. The molecular weight excluding hydrogens is 426 g/mol. The first-order valence-corrected chi connectivity index (χ1v) is 11.9. The minimum absolute atomic E-state index is 0.00972. The van der Waals surface area contributed by atoms with Gasteiger partial charge in [0, 0.05) is 30.9 Å². The maximum absolute atomic E-state index is 13.0. The number of halogens is 1. The maximum Gasteiger partial charge on any atom is 0.272 e. The number of rotatable bonds is 1. The normalized spacial score (nSPS) is 19.5. The smallest absolute Gasteiger partial charge is 0.272 e. The second-order valence-electron chi connectivity index (χ2n) is 8.84. The molecule has 7 heteroatoms. The number of nitrogens with one attached hydrogen (secondary N) is 1. The lowest BCUT2D eigenvalue weighted by Crippen LogP contribution is -2.48. The summed E-state index contributed by atoms with van der Waals surface area (Å²) in [5.41, 5.74) is 0.958. The Morgan fingerprint density at radius 2 is 1.88 bits per heavy atom. The molecule has 1 aromatic heterocycles. The van der Waals surface area contributed by atoms with Gasteiger partial charge in [-0.3, -0.25) is 14.6 Å². The van der Waals surface area contributed by atoms with Crippen molar-refractivity contribution in [2.75, 3.05) is 26.2 Å². The lowest BCUT2D eigenvalue weighted by atomic mass is 9.74. The molecular formula is C25H30ClN3O3. The largest absolute Gasteiger partial charge is 0.493 e. The summed E-state index contributed by atoms with van der Waals surface area (Å²) in [4.78, 5) is 31.9. The second-order valence-corrected chi connectivity index (χ2v) is 9.28. The number of carbonyl (C=O) groups is 2. The summed E-state index contributed by atoms with van der Waals surface area (Å²) < 4.78 is 5.88. The standard InChI is InChI=1S/C25H30ClN3O3/c26-19-8-9-22-20(17-19)23(30)28-18-25(10-4-1-2-6-16-32-22)11-14-29(15-12-25)24(31)21-7-3-5-13-27-21/h3,5,7-9,13,17H,1-2,4,6,10-12,14-16,18H2,(H,28,30). The van der Waals surface area contributed by atoms with E-state index in [-0.39, 0.29) is 17.2 Å². The number of benzene rings is 1. The molecule has 2 aliphatic heterocycles. The van der Waals surface area contributed by atoms with Crippen LogP contribution in [-0.2, 0) is 0 Å². The molecule has 0 bridgehead atoms. The zero-order valence-electron chi connectivity index (χ0n) is 18.3. The van der Waals surface area contributed by atoms with Crippen LogP contribution in [0.3, 0.4) is 0 Å². The molecule has 3 heterocycles. The highest BCUT2D eigenvalue weighted by Crippen LogP contribution is 2.37. The topological polar surface area (TPSA) is 71.5 Å². The van der Waals surface area contributed by atoms with E-state index in [1.54, 1.807) is 30.5 Å². The summed E-state index contributed by atoms with van der Waals surface area (Å²) in [6, 6.07) is 10.6. The minimum atomic E-state index is -0.159. The van der Waals surface area contributed by atoms with Gasteiger partial charge < -0.3 is 15.0 Å². The van der Waals surface area contributed by atoms with Crippen LogP contribution in [0, 0.1) is 5.41 Å². The first-order valence-electron chi connectivity index (χ1n) is 11.5. The summed E-state index contributed by atoms with van der Waals surface area (Å²) in [5, 5.41) is 3.66. The van der Waals surface area contributed by atoms with Crippen molar-refractivity contribution < 1.29 is 14.3 Å². The summed E-state index contributed by atoms with van der Waals surface area (Å²) >= 11 is 6.15. The zero-order valence-corrected chi connectivity index (χ0v) is 19.1. The average Bonchev–Trinajstić information content (AvgIpc) is 2.84. The number of aromatic nitrogens is 1. The molecule has 1 saturated heterocycles. The van der Waals surface area contributed by atoms with Gasteiger partial charge >= 0.3 is 0 Å². The number of pyridine rings is 1. The minimum Gasteiger partial charge on any atom is -0.493 e. The molecule has 0 saturated carbocycles. The van der Waals surface area contributed by atoms with Crippen molar-refractivity contribution in [3.05, 3.63) is 58.9 Å². The maximum atomic E-state index is 13.0. The lowest BCUT2D eigenvalue weighted by molar-refractivity contribution is 0.0531. The molecule has 32 heavy (non-hydrogen) atoms. The fraction of sp³-hybridized carbons (Fsp3) is 0.480. The summed E-state index contributed by atoms with van der Waals surface area (Å²) in [5.74, 6) is 0.402. The fourth-order valence-corrected chi connectivity index (χ4v) is 4.83. The van der Waals surface area contributed by atoms with E-state index < -0.39 is 0 Å². The van der Waals surface area contributed by atoms with E-state index >= 15 is 0 Å². The van der Waals surface area contributed by atoms with Crippen molar-refractivity contribution in [3.8, 4) is 5.75 Å². The molecule has 0 aliphatic carbocycles. The number of fused-ring (bicyclic) bond motifs is 1. The van der Waals surface area contributed by atoms with Crippen molar-refractivity contribution >= 4 is 23.4 Å². The molecule has 0 unspecified atom stereocenters. The second kappa shape index (κ2) is 10.3. The number of amides is 2. The van der Waals surface area contributed by atoms with Crippen LogP contribution < -0.4 is 10.1 Å². The van der Waals surface area contributed by atoms with Crippen LogP contribution >= 0.6 is 11.6 Å². The molecule has 6 nitrogen and oxygen atoms in total. The molecule has 2 aromatic rings. The van der Waals surface area contributed by atoms with Crippen LogP contribution in [0.15, 0.2) is 42.6 Å². The van der Waals surface area contributed by atoms with E-state index in [9.17, 15) is 9.59 Å². The molecule has 0 radical (unpaired) electrons. The summed E-state index contributed by atoms with van der Waals surface area (Å²) in [7, 11) is 0. The highest BCUT2D eigenvalue weighted by Gasteiger charge is 2.36. The van der Waals surface area contributed by atoms with Gasteiger partial charge in [0.25, 0.3) is 11.8 Å². The number of ether oxygens (including phenoxy) is 1. The van der Waals surface area contributed by atoms with E-state index in [1.807, 2.05) is 17.0 Å². The highest BCUT2D eigenvalue weighted by atomic mass is 35.5. The number of piperidine rings is 1. The summed E-state index contributed by atoms with van der Waals surface area (Å²) in [6.45, 7) is 2.54. The van der Waals surface area contributed by atoms with Gasteiger partial charge in [0.1, 0.15) is 11.4 Å². The third-order valence-corrected chi connectivity index (χ3v) is 6.90. The van der Waals surface area contributed by atoms with Gasteiger partial charge in [0.2, 0.25) is 0 Å². The van der Waals surface area contributed by atoms with Crippen LogP contribution in [0.2, 0.25) is 5.02 Å². The SMILES string of the molecule is O=C1NCC2(CCCCCCOc3ccc(Cl)cc31)CCN(C(=O)c1ccccn1)CC2. The Hall–Kier alpha value is -2.60. The molecule has 2 aliphatic rings. The number of nitrogens with zero attached hydrogens (tertiary/aromatic N) is 2. The third kappa shape index (κ3) is 5.41. The molecule has 1 N–H and O–H groups in total. The van der Waals surface area contributed by atoms with Gasteiger partial charge in [-0.2, -0.15) is 0 Å². The molecule has 1 spiro atoms. The van der Waals surface area contributed by atoms with E-state index in [1.165, 1.54) is 0 Å². The van der Waals surface area contributed by atoms with Gasteiger partial charge in [-0.25, -0.2) is 0 Å². The Labute approximate surface area is 194 Å². The van der Waals surface area contributed by atoms with E-state index in [4.69, 9.17) is 16.3 Å². The monoisotopic (exact) mass is 455 g/mol. The Morgan fingerprint density at radius 1 is 1.06 bits per heavy atom. The number of likely N-dealkylation sites (tertiary alicyclic amines) is 1. The van der Waals surface area contributed by atoms with Gasteiger partial charge in [-0.15, -0.1) is 0 Å². The molecule has 4 rings (SSSR count). The van der Waals surface area contributed by atoms with Crippen molar-refractivity contribution in [2.45, 2.75) is 44.9 Å². The molecule has 1 fully saturated rings. The van der Waals surface area contributed by atoms with Crippen molar-refractivity contribution in [3.63, 3.8) is 0 Å². The van der Waals surface area contributed by atoms with E-state index in [2.05, 4.69) is 10.3 Å². The highest BCUT2D eigenvalue weighted by molar-refractivity contribution is 6.31. The lowest BCUT2D eigenvalue weighted by Gasteiger charge is -2.42. The fourth-order valence-electron chi connectivity index (χ4n) is 4.66. The van der Waals surface area contributed by atoms with Gasteiger partial charge in [0.15, 0.2) is 0 Å². The molecule has 0 atom stereocenters. The van der Waals surface area contributed by atoms with E-state index in [0.29, 0.717) is 48.3 Å². The quantitative estimate of drug-likeness (QED) is 0.674. The van der Waals surface area contributed by atoms with E-state index in [0.717, 1.165) is 44.9 Å². The van der Waals surface area contributed by atoms with Crippen LogP contribution in [0.5, 0.6) is 5.75 Å². The molecule has 1 aromatic carbocycles. The Balaban J connectivity index is 1.46. The number of hydrogen-bond donors (Lipinski definition) is 1. The number of carbonyl (C=O) groups excluding carboxylic acids is 2. The van der Waals surface area contributed by atoms with Crippen LogP contribution in [0.25, 0.3) is 0 Å². The Kier molecular flexibility index (Phi) is 7.30. The predicted molar refractivity (Wildman–Crippen MR) is 124 cm³/mol. The zero-order chi connectivity index (χ0) is 22.4. The number of hydrogen-bond acceptors (Lipinski definition) is 4. The van der Waals surface area contributed by atoms with Crippen molar-refractivity contribution in [1.29, 1.82) is 0 Å². The van der Waals surface area contributed by atoms with Crippen molar-refractivity contribution in [2.24, 2.45) is 5.41 Å². The van der Waals surface area contributed by atoms with Crippen molar-refractivity contribution in [1.82, 2.24) is 15.2 Å². The first kappa shape index (κ1) is 22.6. The van der Waals surface area contributed by atoms with Crippen LogP contribution in [0.1, 0.15) is 65.8 Å². The molecule has 2 amide bonds. The van der Waals surface area contributed by atoms with Gasteiger partial charge in [-0.1, -0.05) is 36.9 Å². The predicted octanol–water partition coefficient (Wildman–Crippen LogP) is 4.73. The Bertz CT molecular complexity index is 943. The van der Waals surface area contributed by atoms with Gasteiger partial charge in [0.05, 0.1) is 12.2 Å². The average molecular weight is 456 g/mol.